The highest BCUT2D eigenvalue weighted by Gasteiger charge is 2.08. The van der Waals surface area contributed by atoms with Crippen molar-refractivity contribution in [3.8, 4) is 23.3 Å². The molecule has 0 amide bonds. The van der Waals surface area contributed by atoms with Gasteiger partial charge in [-0.3, -0.25) is 0 Å². The molecule has 10 heteroatoms. The Morgan fingerprint density at radius 1 is 0.625 bits per heavy atom. The van der Waals surface area contributed by atoms with Gasteiger partial charge >= 0.3 is 0 Å². The van der Waals surface area contributed by atoms with Crippen LogP contribution < -0.4 is 41.9 Å². The van der Waals surface area contributed by atoms with Gasteiger partial charge in [0.2, 0.25) is 11.8 Å². The van der Waals surface area contributed by atoms with Gasteiger partial charge in [0.15, 0.2) is 23.1 Å². The first-order chi connectivity index (χ1) is 11.4. The Bertz CT molecular complexity index is 585. The monoisotopic (exact) mass is 338 g/mol. The predicted molar refractivity (Wildman–Crippen MR) is 92.3 cm³/mol. The van der Waals surface area contributed by atoms with Crippen LogP contribution in [0.25, 0.3) is 0 Å². The second-order valence-corrected chi connectivity index (χ2v) is 4.35. The fraction of sp³-hybridized carbons (Fsp3) is 0.286. The number of rotatable bonds is 4. The summed E-state index contributed by atoms with van der Waals surface area (Å²) < 4.78 is 19.6. The van der Waals surface area contributed by atoms with Gasteiger partial charge in [-0.1, -0.05) is 0 Å². The van der Waals surface area contributed by atoms with Crippen LogP contribution >= 0.6 is 0 Å². The van der Waals surface area contributed by atoms with E-state index in [1.165, 1.54) is 28.4 Å². The van der Waals surface area contributed by atoms with E-state index in [0.717, 1.165) is 0 Å². The van der Waals surface area contributed by atoms with Crippen LogP contribution in [0.4, 0.5) is 23.0 Å². The summed E-state index contributed by atoms with van der Waals surface area (Å²) in [7, 11) is 5.97. The molecule has 0 aliphatic rings. The van der Waals surface area contributed by atoms with E-state index in [1.54, 1.807) is 12.1 Å². The number of anilines is 4. The Balaban J connectivity index is 0.000000240. The molecule has 0 saturated carbocycles. The fourth-order valence-corrected chi connectivity index (χ4v) is 1.67. The first-order valence-electron chi connectivity index (χ1n) is 6.65. The molecule has 0 spiro atoms. The van der Waals surface area contributed by atoms with Crippen molar-refractivity contribution in [2.45, 2.75) is 0 Å². The van der Waals surface area contributed by atoms with E-state index in [1.807, 2.05) is 0 Å². The molecule has 0 radical (unpaired) electrons. The average molecular weight is 338 g/mol. The van der Waals surface area contributed by atoms with E-state index in [9.17, 15) is 0 Å². The molecule has 24 heavy (non-hydrogen) atoms. The molecule has 0 aliphatic heterocycles. The van der Waals surface area contributed by atoms with E-state index >= 15 is 0 Å². The summed E-state index contributed by atoms with van der Waals surface area (Å²) >= 11 is 0. The van der Waals surface area contributed by atoms with Crippen LogP contribution in [0.15, 0.2) is 12.1 Å². The number of nitrogens with two attached hydrogens (primary N) is 4. The lowest BCUT2D eigenvalue weighted by Crippen LogP contribution is -2.01. The SMILES string of the molecule is COc1cc(OC)c(N)nc1N.COc1nc(OC)c(N)cc1N. The van der Waals surface area contributed by atoms with Crippen LogP contribution in [0.2, 0.25) is 0 Å². The maximum absolute atomic E-state index is 5.53. The summed E-state index contributed by atoms with van der Waals surface area (Å²) in [6.45, 7) is 0. The van der Waals surface area contributed by atoms with Gasteiger partial charge < -0.3 is 41.9 Å². The minimum atomic E-state index is 0.260. The zero-order chi connectivity index (χ0) is 18.3. The molecule has 8 N–H and O–H groups in total. The molecular weight excluding hydrogens is 316 g/mol. The van der Waals surface area contributed by atoms with Gasteiger partial charge in [-0.15, -0.1) is 0 Å². The summed E-state index contributed by atoms with van der Waals surface area (Å²) in [6.07, 6.45) is 0. The summed E-state index contributed by atoms with van der Waals surface area (Å²) in [6, 6.07) is 3.14. The third kappa shape index (κ3) is 4.35. The highest BCUT2D eigenvalue weighted by Crippen LogP contribution is 2.29. The Morgan fingerprint density at radius 3 is 1.38 bits per heavy atom. The van der Waals surface area contributed by atoms with Gasteiger partial charge in [0.25, 0.3) is 0 Å². The number of nitrogens with zero attached hydrogens (tertiary/aromatic N) is 2. The van der Waals surface area contributed by atoms with Gasteiger partial charge in [-0.2, -0.15) is 4.98 Å². The summed E-state index contributed by atoms with van der Waals surface area (Å²) in [5, 5.41) is 0. The maximum atomic E-state index is 5.53. The Hall–Kier alpha value is -3.30. The first kappa shape index (κ1) is 18.7. The summed E-state index contributed by atoms with van der Waals surface area (Å²) in [5.74, 6) is 2.08. The molecule has 0 fully saturated rings. The molecule has 2 aromatic heterocycles. The van der Waals surface area contributed by atoms with Crippen molar-refractivity contribution < 1.29 is 18.9 Å². The molecule has 2 aromatic rings. The van der Waals surface area contributed by atoms with Gasteiger partial charge in [0, 0.05) is 6.07 Å². The Labute approximate surface area is 139 Å². The zero-order valence-electron chi connectivity index (χ0n) is 14.0. The first-order valence-corrected chi connectivity index (χ1v) is 6.65. The van der Waals surface area contributed by atoms with Gasteiger partial charge in [-0.25, -0.2) is 4.98 Å². The van der Waals surface area contributed by atoms with Crippen molar-refractivity contribution in [1.29, 1.82) is 0 Å². The molecule has 0 aliphatic carbocycles. The standard InChI is InChI=1S/2C7H11N3O2/c1-11-4-3-5(12-2)7(9)10-6(4)8;1-11-6-4(8)3-5(9)7(10-6)12-2/h3H,1-2H3,(H4,8,9,10);3H,8-9H2,1-2H3. The third-order valence-corrected chi connectivity index (χ3v) is 2.84. The molecule has 0 unspecified atom stereocenters. The van der Waals surface area contributed by atoms with E-state index < -0.39 is 0 Å². The molecule has 0 aromatic carbocycles. The zero-order valence-corrected chi connectivity index (χ0v) is 14.0. The van der Waals surface area contributed by atoms with Crippen LogP contribution in [0, 0.1) is 0 Å². The average Bonchev–Trinajstić information content (AvgIpc) is 2.56. The minimum absolute atomic E-state index is 0.260. The highest BCUT2D eigenvalue weighted by molar-refractivity contribution is 5.62. The highest BCUT2D eigenvalue weighted by atomic mass is 16.5. The van der Waals surface area contributed by atoms with Crippen LogP contribution in [0.1, 0.15) is 0 Å². The summed E-state index contributed by atoms with van der Waals surface area (Å²) in [4.78, 5) is 7.74. The van der Waals surface area contributed by atoms with E-state index in [4.69, 9.17) is 41.9 Å². The normalized spacial score (nSPS) is 9.50. The third-order valence-electron chi connectivity index (χ3n) is 2.84. The molecule has 0 atom stereocenters. The fourth-order valence-electron chi connectivity index (χ4n) is 1.67. The quantitative estimate of drug-likeness (QED) is 0.617. The lowest BCUT2D eigenvalue weighted by Gasteiger charge is -2.07. The van der Waals surface area contributed by atoms with Gasteiger partial charge in [0.1, 0.15) is 0 Å². The molecule has 132 valence electrons. The molecule has 10 nitrogen and oxygen atoms in total. The smallest absolute Gasteiger partial charge is 0.240 e. The molecule has 2 rings (SSSR count). The minimum Gasteiger partial charge on any atom is -0.493 e. The van der Waals surface area contributed by atoms with Crippen LogP contribution in [-0.2, 0) is 0 Å². The Kier molecular flexibility index (Phi) is 6.53. The van der Waals surface area contributed by atoms with Crippen molar-refractivity contribution in [3.63, 3.8) is 0 Å². The Morgan fingerprint density at radius 2 is 1.04 bits per heavy atom. The largest absolute Gasteiger partial charge is 0.493 e. The second kappa shape index (κ2) is 8.36. The number of hydrogen-bond donors (Lipinski definition) is 4. The lowest BCUT2D eigenvalue weighted by molar-refractivity contribution is 0.368. The molecule has 0 saturated heterocycles. The molecule has 2 heterocycles. The van der Waals surface area contributed by atoms with Crippen molar-refractivity contribution in [2.75, 3.05) is 51.4 Å². The number of nitrogen functional groups attached to an aromatic ring is 4. The number of hydrogen-bond acceptors (Lipinski definition) is 10. The van der Waals surface area contributed by atoms with Gasteiger partial charge in [0.05, 0.1) is 39.8 Å². The topological polar surface area (TPSA) is 167 Å². The van der Waals surface area contributed by atoms with Gasteiger partial charge in [-0.05, 0) is 6.07 Å². The van der Waals surface area contributed by atoms with Crippen LogP contribution in [0.5, 0.6) is 23.3 Å². The molecule has 0 bridgehead atoms. The second-order valence-electron chi connectivity index (χ2n) is 4.35. The lowest BCUT2D eigenvalue weighted by atomic mass is 10.3. The number of methoxy groups -OCH3 is 4. The van der Waals surface area contributed by atoms with Crippen molar-refractivity contribution in [2.24, 2.45) is 0 Å². The van der Waals surface area contributed by atoms with Crippen molar-refractivity contribution in [1.82, 2.24) is 9.97 Å². The number of ether oxygens (including phenoxy) is 4. The van der Waals surface area contributed by atoms with E-state index in [-0.39, 0.29) is 11.6 Å². The summed E-state index contributed by atoms with van der Waals surface area (Å²) in [5.41, 5.74) is 22.8. The molecular formula is C14H22N6O4. The van der Waals surface area contributed by atoms with Crippen molar-refractivity contribution in [3.05, 3.63) is 12.1 Å². The van der Waals surface area contributed by atoms with Crippen molar-refractivity contribution >= 4 is 23.0 Å². The number of pyridine rings is 2. The van der Waals surface area contributed by atoms with E-state index in [2.05, 4.69) is 9.97 Å². The van der Waals surface area contributed by atoms with Crippen LogP contribution in [-0.4, -0.2) is 38.4 Å². The van der Waals surface area contributed by atoms with E-state index in [0.29, 0.717) is 34.6 Å². The predicted octanol–water partition coefficient (Wildman–Crippen LogP) is 0.526. The van der Waals surface area contributed by atoms with Crippen LogP contribution in [0.3, 0.4) is 0 Å². The number of aromatic nitrogens is 2. The maximum Gasteiger partial charge on any atom is 0.240 e.